The molecule has 0 atom stereocenters. The predicted molar refractivity (Wildman–Crippen MR) is 80.4 cm³/mol. The van der Waals surface area contributed by atoms with Crippen LogP contribution in [0.15, 0.2) is 0 Å². The Hall–Kier alpha value is -1.23. The minimum Gasteiger partial charge on any atom is -0.394 e. The van der Waals surface area contributed by atoms with Crippen LogP contribution in [0.1, 0.15) is 39.3 Å². The van der Waals surface area contributed by atoms with Gasteiger partial charge in [-0.2, -0.15) is 5.10 Å². The van der Waals surface area contributed by atoms with Crippen LogP contribution in [0.2, 0.25) is 0 Å². The van der Waals surface area contributed by atoms with E-state index >= 15 is 0 Å². The molecule has 1 aromatic rings. The van der Waals surface area contributed by atoms with Crippen molar-refractivity contribution in [3.05, 3.63) is 5.69 Å². The minimum atomic E-state index is 0.692. The molecule has 0 bridgehead atoms. The molecule has 1 aromatic heterocycles. The average molecular weight is 268 g/mol. The van der Waals surface area contributed by atoms with Gasteiger partial charge < -0.3 is 15.8 Å². The molecule has 0 aliphatic carbocycles. The summed E-state index contributed by atoms with van der Waals surface area (Å²) in [6.45, 7) is 8.80. The third-order valence-corrected chi connectivity index (χ3v) is 3.03. The van der Waals surface area contributed by atoms with E-state index in [1.54, 1.807) is 0 Å². The van der Waals surface area contributed by atoms with Gasteiger partial charge >= 0.3 is 0 Å². The molecular weight excluding hydrogens is 240 g/mol. The Morgan fingerprint density at radius 1 is 1.37 bits per heavy atom. The van der Waals surface area contributed by atoms with Crippen LogP contribution in [0.4, 0.5) is 11.5 Å². The van der Waals surface area contributed by atoms with Crippen molar-refractivity contribution in [2.45, 2.75) is 40.0 Å². The number of hydrogen-bond acceptors (Lipinski definition) is 4. The second kappa shape index (κ2) is 8.04. The number of nitrogens with zero attached hydrogens (tertiary/aromatic N) is 2. The molecule has 0 aliphatic heterocycles. The SMILES string of the molecule is CCCc1nn(C)c(NCCOCCC(C)C)c1N. The Balaban J connectivity index is 2.33. The summed E-state index contributed by atoms with van der Waals surface area (Å²) in [5.74, 6) is 1.59. The Morgan fingerprint density at radius 3 is 2.74 bits per heavy atom. The highest BCUT2D eigenvalue weighted by molar-refractivity contribution is 5.65. The third-order valence-electron chi connectivity index (χ3n) is 3.03. The molecule has 110 valence electrons. The van der Waals surface area contributed by atoms with Crippen LogP contribution in [-0.2, 0) is 18.2 Å². The van der Waals surface area contributed by atoms with Gasteiger partial charge in [0, 0.05) is 20.2 Å². The lowest BCUT2D eigenvalue weighted by Gasteiger charge is -2.09. The molecule has 0 aliphatic rings. The van der Waals surface area contributed by atoms with Crippen LogP contribution < -0.4 is 11.1 Å². The fraction of sp³-hybridized carbons (Fsp3) is 0.786. The lowest BCUT2D eigenvalue weighted by molar-refractivity contribution is 0.132. The van der Waals surface area contributed by atoms with E-state index in [1.165, 1.54) is 0 Å². The van der Waals surface area contributed by atoms with Gasteiger partial charge in [0.15, 0.2) is 0 Å². The number of anilines is 2. The molecular formula is C14H28N4O. The molecule has 0 amide bonds. The molecule has 0 radical (unpaired) electrons. The first kappa shape index (κ1) is 15.8. The molecule has 5 nitrogen and oxygen atoms in total. The fourth-order valence-electron chi connectivity index (χ4n) is 1.89. The quantitative estimate of drug-likeness (QED) is 0.675. The van der Waals surface area contributed by atoms with E-state index < -0.39 is 0 Å². The summed E-state index contributed by atoms with van der Waals surface area (Å²) < 4.78 is 7.38. The Bertz CT molecular complexity index is 374. The zero-order valence-corrected chi connectivity index (χ0v) is 12.7. The van der Waals surface area contributed by atoms with E-state index in [9.17, 15) is 0 Å². The molecule has 0 spiro atoms. The van der Waals surface area contributed by atoms with E-state index in [-0.39, 0.29) is 0 Å². The number of rotatable bonds is 9. The number of hydrogen-bond donors (Lipinski definition) is 2. The first-order valence-corrected chi connectivity index (χ1v) is 7.19. The Morgan fingerprint density at radius 2 is 2.11 bits per heavy atom. The average Bonchev–Trinajstić information content (AvgIpc) is 2.60. The van der Waals surface area contributed by atoms with Crippen LogP contribution >= 0.6 is 0 Å². The van der Waals surface area contributed by atoms with E-state index in [1.807, 2.05) is 11.7 Å². The normalized spacial score (nSPS) is 11.2. The summed E-state index contributed by atoms with van der Waals surface area (Å²) >= 11 is 0. The van der Waals surface area contributed by atoms with Crippen molar-refractivity contribution in [3.8, 4) is 0 Å². The standard InChI is InChI=1S/C14H28N4O/c1-5-6-12-13(15)14(18(4)17-12)16-8-10-19-9-7-11(2)3/h11,16H,5-10,15H2,1-4H3. The van der Waals surface area contributed by atoms with Crippen LogP contribution in [0, 0.1) is 5.92 Å². The number of ether oxygens (including phenoxy) is 1. The van der Waals surface area contributed by atoms with Crippen molar-refractivity contribution in [3.63, 3.8) is 0 Å². The van der Waals surface area contributed by atoms with Gasteiger partial charge in [0.1, 0.15) is 5.82 Å². The molecule has 0 unspecified atom stereocenters. The van der Waals surface area contributed by atoms with Crippen LogP contribution in [0.25, 0.3) is 0 Å². The number of nitrogens with one attached hydrogen (secondary N) is 1. The van der Waals surface area contributed by atoms with Gasteiger partial charge in [-0.05, 0) is 18.8 Å². The van der Waals surface area contributed by atoms with Gasteiger partial charge in [-0.3, -0.25) is 4.68 Å². The van der Waals surface area contributed by atoms with Crippen molar-refractivity contribution in [2.75, 3.05) is 30.8 Å². The first-order chi connectivity index (χ1) is 9.06. The van der Waals surface area contributed by atoms with Crippen molar-refractivity contribution in [2.24, 2.45) is 13.0 Å². The predicted octanol–water partition coefficient (Wildman–Crippen LogP) is 2.43. The fourth-order valence-corrected chi connectivity index (χ4v) is 1.89. The smallest absolute Gasteiger partial charge is 0.147 e. The van der Waals surface area contributed by atoms with Crippen LogP contribution in [-0.4, -0.2) is 29.5 Å². The van der Waals surface area contributed by atoms with Gasteiger partial charge in [-0.1, -0.05) is 27.2 Å². The molecule has 0 saturated heterocycles. The van der Waals surface area contributed by atoms with Crippen molar-refractivity contribution in [1.82, 2.24) is 9.78 Å². The first-order valence-electron chi connectivity index (χ1n) is 7.19. The largest absolute Gasteiger partial charge is 0.394 e. The third kappa shape index (κ3) is 5.11. The molecule has 0 fully saturated rings. The Kier molecular flexibility index (Phi) is 6.70. The maximum atomic E-state index is 6.08. The van der Waals surface area contributed by atoms with E-state index in [0.29, 0.717) is 12.5 Å². The second-order valence-electron chi connectivity index (χ2n) is 5.30. The maximum Gasteiger partial charge on any atom is 0.147 e. The molecule has 5 heteroatoms. The molecule has 1 rings (SSSR count). The summed E-state index contributed by atoms with van der Waals surface area (Å²) in [6.07, 6.45) is 3.08. The highest BCUT2D eigenvalue weighted by Crippen LogP contribution is 2.22. The highest BCUT2D eigenvalue weighted by Gasteiger charge is 2.11. The van der Waals surface area contributed by atoms with Gasteiger partial charge in [0.2, 0.25) is 0 Å². The van der Waals surface area contributed by atoms with Crippen molar-refractivity contribution >= 4 is 11.5 Å². The van der Waals surface area contributed by atoms with Gasteiger partial charge in [-0.15, -0.1) is 0 Å². The monoisotopic (exact) mass is 268 g/mol. The highest BCUT2D eigenvalue weighted by atomic mass is 16.5. The summed E-state index contributed by atoms with van der Waals surface area (Å²) in [6, 6.07) is 0. The lowest BCUT2D eigenvalue weighted by Crippen LogP contribution is -2.13. The van der Waals surface area contributed by atoms with E-state index in [0.717, 1.165) is 49.6 Å². The summed E-state index contributed by atoms with van der Waals surface area (Å²) in [5.41, 5.74) is 7.83. The van der Waals surface area contributed by atoms with E-state index in [4.69, 9.17) is 10.5 Å². The number of nitrogen functional groups attached to an aromatic ring is 1. The van der Waals surface area contributed by atoms with Crippen molar-refractivity contribution < 1.29 is 4.74 Å². The van der Waals surface area contributed by atoms with Gasteiger partial charge in [0.25, 0.3) is 0 Å². The summed E-state index contributed by atoms with van der Waals surface area (Å²) in [4.78, 5) is 0. The topological polar surface area (TPSA) is 65.1 Å². The zero-order chi connectivity index (χ0) is 14.3. The maximum absolute atomic E-state index is 6.08. The van der Waals surface area contributed by atoms with Crippen LogP contribution in [0.3, 0.4) is 0 Å². The van der Waals surface area contributed by atoms with Gasteiger partial charge in [0.05, 0.1) is 18.0 Å². The summed E-state index contributed by atoms with van der Waals surface area (Å²) in [5, 5.41) is 7.73. The Labute approximate surface area is 116 Å². The van der Waals surface area contributed by atoms with Crippen molar-refractivity contribution in [1.29, 1.82) is 0 Å². The molecule has 1 heterocycles. The molecule has 3 N–H and O–H groups in total. The van der Waals surface area contributed by atoms with Gasteiger partial charge in [-0.25, -0.2) is 0 Å². The zero-order valence-electron chi connectivity index (χ0n) is 12.7. The molecule has 0 saturated carbocycles. The minimum absolute atomic E-state index is 0.692. The van der Waals surface area contributed by atoms with E-state index in [2.05, 4.69) is 31.2 Å². The second-order valence-corrected chi connectivity index (χ2v) is 5.30. The van der Waals surface area contributed by atoms with Crippen LogP contribution in [0.5, 0.6) is 0 Å². The number of aromatic nitrogens is 2. The number of aryl methyl sites for hydroxylation is 2. The lowest BCUT2D eigenvalue weighted by atomic mass is 10.1. The molecule has 19 heavy (non-hydrogen) atoms. The molecule has 0 aromatic carbocycles. The summed E-state index contributed by atoms with van der Waals surface area (Å²) in [7, 11) is 1.91. The number of nitrogens with two attached hydrogens (primary N) is 1.